The Labute approximate surface area is 130 Å². The Morgan fingerprint density at radius 2 is 2.00 bits per heavy atom. The Morgan fingerprint density at radius 3 is 2.62 bits per heavy atom. The SMILES string of the molecule is COc1cc(Cl)ccc1C(=O)Nc1sc(C)cc1C(=O)O. The summed E-state index contributed by atoms with van der Waals surface area (Å²) in [6.45, 7) is 1.77. The number of hydrogen-bond acceptors (Lipinski definition) is 4. The van der Waals surface area contributed by atoms with Gasteiger partial charge in [0.25, 0.3) is 5.91 Å². The van der Waals surface area contributed by atoms with E-state index in [9.17, 15) is 9.59 Å². The van der Waals surface area contributed by atoms with Gasteiger partial charge in [-0.1, -0.05) is 11.6 Å². The van der Waals surface area contributed by atoms with Crippen LogP contribution < -0.4 is 10.1 Å². The quantitative estimate of drug-likeness (QED) is 0.899. The third-order valence-corrected chi connectivity index (χ3v) is 3.92. The molecule has 0 aliphatic heterocycles. The molecule has 21 heavy (non-hydrogen) atoms. The van der Waals surface area contributed by atoms with Crippen LogP contribution in [0.1, 0.15) is 25.6 Å². The molecular formula is C14H12ClNO4S. The number of hydrogen-bond donors (Lipinski definition) is 2. The lowest BCUT2D eigenvalue weighted by Crippen LogP contribution is -2.14. The fraction of sp³-hybridized carbons (Fsp3) is 0.143. The van der Waals surface area contributed by atoms with Gasteiger partial charge in [-0.15, -0.1) is 11.3 Å². The zero-order valence-corrected chi connectivity index (χ0v) is 12.8. The van der Waals surface area contributed by atoms with Gasteiger partial charge >= 0.3 is 5.97 Å². The number of amides is 1. The van der Waals surface area contributed by atoms with E-state index in [4.69, 9.17) is 21.4 Å². The van der Waals surface area contributed by atoms with Crippen molar-refractivity contribution in [3.05, 3.63) is 45.3 Å². The highest BCUT2D eigenvalue weighted by molar-refractivity contribution is 7.16. The summed E-state index contributed by atoms with van der Waals surface area (Å²) in [5, 5.41) is 12.5. The summed E-state index contributed by atoms with van der Waals surface area (Å²) < 4.78 is 5.11. The van der Waals surface area contributed by atoms with E-state index < -0.39 is 11.9 Å². The third kappa shape index (κ3) is 3.34. The Kier molecular flexibility index (Phi) is 4.50. The molecule has 2 rings (SSSR count). The zero-order valence-electron chi connectivity index (χ0n) is 11.3. The van der Waals surface area contributed by atoms with Gasteiger partial charge in [-0.3, -0.25) is 4.79 Å². The molecule has 0 unspecified atom stereocenters. The summed E-state index contributed by atoms with van der Waals surface area (Å²) in [5.74, 6) is -1.21. The molecule has 0 spiro atoms. The molecule has 0 aliphatic carbocycles. The number of benzene rings is 1. The summed E-state index contributed by atoms with van der Waals surface area (Å²) in [7, 11) is 1.43. The first kappa shape index (κ1) is 15.3. The zero-order chi connectivity index (χ0) is 15.6. The van der Waals surface area contributed by atoms with Gasteiger partial charge in [-0.25, -0.2) is 4.79 Å². The molecule has 0 radical (unpaired) electrons. The standard InChI is InChI=1S/C14H12ClNO4S/c1-7-5-10(14(18)19)13(21-7)16-12(17)9-4-3-8(15)6-11(9)20-2/h3-6H,1-2H3,(H,16,17)(H,18,19). The maximum absolute atomic E-state index is 12.3. The van der Waals surface area contributed by atoms with Gasteiger partial charge in [0.05, 0.1) is 18.2 Å². The van der Waals surface area contributed by atoms with Crippen LogP contribution in [0, 0.1) is 6.92 Å². The van der Waals surface area contributed by atoms with Crippen LogP contribution in [-0.4, -0.2) is 24.1 Å². The van der Waals surface area contributed by atoms with Crippen molar-refractivity contribution in [2.75, 3.05) is 12.4 Å². The first-order valence-electron chi connectivity index (χ1n) is 5.91. The van der Waals surface area contributed by atoms with Crippen LogP contribution in [0.25, 0.3) is 0 Å². The van der Waals surface area contributed by atoms with E-state index in [1.807, 2.05) is 0 Å². The topological polar surface area (TPSA) is 75.6 Å². The summed E-state index contributed by atoms with van der Waals surface area (Å²) in [4.78, 5) is 24.2. The average molecular weight is 326 g/mol. The van der Waals surface area contributed by atoms with E-state index in [0.29, 0.717) is 15.8 Å². The number of thiophene rings is 1. The summed E-state index contributed by atoms with van der Waals surface area (Å²) in [5.41, 5.74) is 0.350. The molecule has 0 aliphatic rings. The fourth-order valence-corrected chi connectivity index (χ4v) is 2.85. The lowest BCUT2D eigenvalue weighted by Gasteiger charge is -2.09. The number of methoxy groups -OCH3 is 1. The number of anilines is 1. The molecule has 110 valence electrons. The lowest BCUT2D eigenvalue weighted by atomic mass is 10.2. The molecule has 7 heteroatoms. The Hall–Kier alpha value is -2.05. The molecule has 0 saturated carbocycles. The number of ether oxygens (including phenoxy) is 1. The number of carbonyl (C=O) groups excluding carboxylic acids is 1. The predicted octanol–water partition coefficient (Wildman–Crippen LogP) is 3.67. The monoisotopic (exact) mass is 325 g/mol. The Morgan fingerprint density at radius 1 is 1.29 bits per heavy atom. The van der Waals surface area contributed by atoms with E-state index in [2.05, 4.69) is 5.32 Å². The Balaban J connectivity index is 2.32. The molecule has 1 aromatic heterocycles. The highest BCUT2D eigenvalue weighted by Gasteiger charge is 2.19. The summed E-state index contributed by atoms with van der Waals surface area (Å²) in [6.07, 6.45) is 0. The molecule has 0 saturated heterocycles. The van der Waals surface area contributed by atoms with Crippen molar-refractivity contribution in [2.24, 2.45) is 0 Å². The molecule has 0 bridgehead atoms. The second-order valence-electron chi connectivity index (χ2n) is 4.20. The van der Waals surface area contributed by atoms with Crippen LogP contribution in [0.5, 0.6) is 5.75 Å². The first-order chi connectivity index (χ1) is 9.92. The van der Waals surface area contributed by atoms with Crippen LogP contribution in [0.3, 0.4) is 0 Å². The van der Waals surface area contributed by atoms with Gasteiger partial charge in [0.2, 0.25) is 0 Å². The maximum Gasteiger partial charge on any atom is 0.338 e. The van der Waals surface area contributed by atoms with Gasteiger partial charge < -0.3 is 15.2 Å². The number of carbonyl (C=O) groups is 2. The highest BCUT2D eigenvalue weighted by atomic mass is 35.5. The van der Waals surface area contributed by atoms with Crippen LogP contribution in [0.4, 0.5) is 5.00 Å². The van der Waals surface area contributed by atoms with Gasteiger partial charge in [0, 0.05) is 9.90 Å². The van der Waals surface area contributed by atoms with Crippen LogP contribution in [-0.2, 0) is 0 Å². The van der Waals surface area contributed by atoms with Crippen molar-refractivity contribution in [2.45, 2.75) is 6.92 Å². The van der Waals surface area contributed by atoms with Crippen molar-refractivity contribution in [1.29, 1.82) is 0 Å². The van der Waals surface area contributed by atoms with Crippen LogP contribution in [0.2, 0.25) is 5.02 Å². The van der Waals surface area contributed by atoms with Crippen molar-refractivity contribution in [1.82, 2.24) is 0 Å². The molecule has 5 nitrogen and oxygen atoms in total. The predicted molar refractivity (Wildman–Crippen MR) is 82.0 cm³/mol. The number of rotatable bonds is 4. The molecule has 1 amide bonds. The molecule has 1 heterocycles. The van der Waals surface area contributed by atoms with Crippen molar-refractivity contribution in [3.63, 3.8) is 0 Å². The van der Waals surface area contributed by atoms with Crippen molar-refractivity contribution >= 4 is 39.8 Å². The minimum absolute atomic E-state index is 0.0683. The second-order valence-corrected chi connectivity index (χ2v) is 5.90. The third-order valence-electron chi connectivity index (χ3n) is 2.72. The number of carboxylic acid groups (broad SMARTS) is 1. The lowest BCUT2D eigenvalue weighted by molar-refractivity contribution is 0.0698. The minimum atomic E-state index is -1.09. The van der Waals surface area contributed by atoms with Crippen molar-refractivity contribution in [3.8, 4) is 5.75 Å². The molecule has 0 atom stereocenters. The van der Waals surface area contributed by atoms with Crippen molar-refractivity contribution < 1.29 is 19.4 Å². The largest absolute Gasteiger partial charge is 0.496 e. The average Bonchev–Trinajstić information content (AvgIpc) is 2.79. The fourth-order valence-electron chi connectivity index (χ4n) is 1.79. The van der Waals surface area contributed by atoms with Crippen LogP contribution >= 0.6 is 22.9 Å². The number of halogens is 1. The van der Waals surface area contributed by atoms with Gasteiger partial charge in [-0.05, 0) is 31.2 Å². The molecule has 0 fully saturated rings. The highest BCUT2D eigenvalue weighted by Crippen LogP contribution is 2.29. The molecule has 2 aromatic rings. The van der Waals surface area contributed by atoms with E-state index in [0.717, 1.165) is 4.88 Å². The van der Waals surface area contributed by atoms with Gasteiger partial charge in [0.1, 0.15) is 10.8 Å². The second kappa shape index (κ2) is 6.15. The van der Waals surface area contributed by atoms with E-state index in [-0.39, 0.29) is 11.1 Å². The van der Waals surface area contributed by atoms with Crippen LogP contribution in [0.15, 0.2) is 24.3 Å². The number of aryl methyl sites for hydroxylation is 1. The number of aromatic carboxylic acids is 1. The van der Waals surface area contributed by atoms with E-state index in [1.54, 1.807) is 13.0 Å². The van der Waals surface area contributed by atoms with Gasteiger partial charge in [-0.2, -0.15) is 0 Å². The molecular weight excluding hydrogens is 314 g/mol. The molecule has 2 N–H and O–H groups in total. The summed E-state index contributed by atoms with van der Waals surface area (Å²) in [6, 6.07) is 6.13. The number of nitrogens with one attached hydrogen (secondary N) is 1. The maximum atomic E-state index is 12.3. The van der Waals surface area contributed by atoms with E-state index in [1.165, 1.54) is 36.6 Å². The Bertz CT molecular complexity index is 711. The normalized spacial score (nSPS) is 10.2. The molecule has 1 aromatic carbocycles. The minimum Gasteiger partial charge on any atom is -0.496 e. The first-order valence-corrected chi connectivity index (χ1v) is 7.10. The summed E-state index contributed by atoms with van der Waals surface area (Å²) >= 11 is 7.05. The number of carboxylic acids is 1. The van der Waals surface area contributed by atoms with E-state index >= 15 is 0 Å². The smallest absolute Gasteiger partial charge is 0.338 e. The van der Waals surface area contributed by atoms with Gasteiger partial charge in [0.15, 0.2) is 0 Å².